The lowest BCUT2D eigenvalue weighted by molar-refractivity contribution is -0.274. The quantitative estimate of drug-likeness (QED) is 0.255. The van der Waals surface area contributed by atoms with Crippen molar-refractivity contribution in [2.75, 3.05) is 6.61 Å². The summed E-state index contributed by atoms with van der Waals surface area (Å²) in [5.41, 5.74) is 0.187. The number of benzene rings is 2. The van der Waals surface area contributed by atoms with Gasteiger partial charge in [0.15, 0.2) is 11.6 Å². The lowest BCUT2D eigenvalue weighted by Crippen LogP contribution is -2.20. The van der Waals surface area contributed by atoms with E-state index in [0.717, 1.165) is 43.7 Å². The molecule has 0 amide bonds. The lowest BCUT2D eigenvalue weighted by atomic mass is 9.80. The molecule has 1 aliphatic rings. The van der Waals surface area contributed by atoms with Crippen LogP contribution in [0.4, 0.5) is 22.0 Å². The first-order valence-electron chi connectivity index (χ1n) is 11.7. The minimum Gasteiger partial charge on any atom is -0.490 e. The van der Waals surface area contributed by atoms with E-state index < -0.39 is 23.7 Å². The molecule has 1 fully saturated rings. The van der Waals surface area contributed by atoms with Gasteiger partial charge in [-0.3, -0.25) is 0 Å². The fraction of sp³-hybridized carbons (Fsp3) is 0.538. The molecule has 0 spiro atoms. The first kappa shape index (κ1) is 25.3. The zero-order valence-corrected chi connectivity index (χ0v) is 18.9. The van der Waals surface area contributed by atoms with Crippen LogP contribution in [0.25, 0.3) is 11.1 Å². The maximum atomic E-state index is 14.6. The second kappa shape index (κ2) is 11.7. The molecule has 2 aromatic carbocycles. The summed E-state index contributed by atoms with van der Waals surface area (Å²) in [5.74, 6) is -1.65. The molecular weight excluding hydrogens is 439 g/mol. The molecule has 2 nitrogen and oxygen atoms in total. The maximum absolute atomic E-state index is 14.6. The molecule has 0 N–H and O–H groups in total. The monoisotopic (exact) mass is 470 g/mol. The van der Waals surface area contributed by atoms with Gasteiger partial charge in [0.25, 0.3) is 0 Å². The first-order valence-corrected chi connectivity index (χ1v) is 11.7. The number of alkyl halides is 3. The third-order valence-electron chi connectivity index (χ3n) is 6.35. The van der Waals surface area contributed by atoms with Crippen LogP contribution < -0.4 is 9.47 Å². The van der Waals surface area contributed by atoms with Crippen molar-refractivity contribution < 1.29 is 31.4 Å². The first-order chi connectivity index (χ1) is 15.8. The normalized spacial score (nSPS) is 18.8. The van der Waals surface area contributed by atoms with Crippen molar-refractivity contribution >= 4 is 0 Å². The van der Waals surface area contributed by atoms with Gasteiger partial charge in [-0.15, -0.1) is 13.2 Å². The van der Waals surface area contributed by atoms with Gasteiger partial charge in [-0.05, 0) is 54.5 Å². The Morgan fingerprint density at radius 3 is 2.12 bits per heavy atom. The molecule has 0 aromatic heterocycles. The van der Waals surface area contributed by atoms with E-state index in [2.05, 4.69) is 11.7 Å². The predicted molar refractivity (Wildman–Crippen MR) is 118 cm³/mol. The molecule has 0 radical (unpaired) electrons. The Labute approximate surface area is 192 Å². The minimum atomic E-state index is -4.81. The fourth-order valence-electron chi connectivity index (χ4n) is 4.46. The number of hydrogen-bond donors (Lipinski definition) is 0. The minimum absolute atomic E-state index is 0.0537. The molecule has 1 aliphatic carbocycles. The second-order valence-corrected chi connectivity index (χ2v) is 8.86. The molecule has 0 aliphatic heterocycles. The van der Waals surface area contributed by atoms with E-state index >= 15 is 0 Å². The van der Waals surface area contributed by atoms with Crippen LogP contribution in [-0.2, 0) is 0 Å². The van der Waals surface area contributed by atoms with Crippen LogP contribution in [0.15, 0.2) is 36.4 Å². The number of hydrogen-bond acceptors (Lipinski definition) is 2. The SMILES string of the molecule is CCCCCCC1CCC(COc2ccc(-c3ccc(OC(F)(F)F)cc3)c(F)c2F)CC1. The number of unbranched alkanes of at least 4 members (excludes halogenated alkanes) is 3. The van der Waals surface area contributed by atoms with Crippen LogP contribution in [0.1, 0.15) is 64.7 Å². The highest BCUT2D eigenvalue weighted by Gasteiger charge is 2.31. The molecule has 3 rings (SSSR count). The summed E-state index contributed by atoms with van der Waals surface area (Å²) < 4.78 is 75.5. The van der Waals surface area contributed by atoms with Crippen molar-refractivity contribution in [1.82, 2.24) is 0 Å². The summed E-state index contributed by atoms with van der Waals surface area (Å²) in [5, 5.41) is 0. The van der Waals surface area contributed by atoms with E-state index in [9.17, 15) is 22.0 Å². The zero-order chi connectivity index (χ0) is 23.8. The van der Waals surface area contributed by atoms with Gasteiger partial charge in [0.1, 0.15) is 5.75 Å². The molecule has 7 heteroatoms. The van der Waals surface area contributed by atoms with Crippen LogP contribution in [0.3, 0.4) is 0 Å². The van der Waals surface area contributed by atoms with Gasteiger partial charge >= 0.3 is 6.36 Å². The van der Waals surface area contributed by atoms with Crippen molar-refractivity contribution in [1.29, 1.82) is 0 Å². The molecule has 0 bridgehead atoms. The molecule has 1 saturated carbocycles. The highest BCUT2D eigenvalue weighted by Crippen LogP contribution is 2.35. The standard InChI is InChI=1S/C26H31F5O2/c1-2-3-4-5-6-18-7-9-19(10-8-18)17-32-23-16-15-22(24(27)25(23)28)20-11-13-21(14-12-20)33-26(29,30)31/h11-16,18-19H,2-10,17H2,1H3. The van der Waals surface area contributed by atoms with E-state index in [4.69, 9.17) is 4.74 Å². The van der Waals surface area contributed by atoms with E-state index in [1.54, 1.807) is 0 Å². The van der Waals surface area contributed by atoms with E-state index in [1.165, 1.54) is 56.4 Å². The average molecular weight is 471 g/mol. The molecule has 0 heterocycles. The molecule has 0 atom stereocenters. The number of halogens is 5. The molecule has 33 heavy (non-hydrogen) atoms. The van der Waals surface area contributed by atoms with Gasteiger partial charge in [-0.1, -0.05) is 64.0 Å². The summed E-state index contributed by atoms with van der Waals surface area (Å²) in [6.45, 7) is 2.56. The largest absolute Gasteiger partial charge is 0.573 e. The van der Waals surface area contributed by atoms with Crippen LogP contribution in [0, 0.1) is 23.5 Å². The lowest BCUT2D eigenvalue weighted by Gasteiger charge is -2.28. The Balaban J connectivity index is 1.52. The average Bonchev–Trinajstić information content (AvgIpc) is 2.78. The fourth-order valence-corrected chi connectivity index (χ4v) is 4.46. The Bertz CT molecular complexity index is 871. The topological polar surface area (TPSA) is 18.5 Å². The van der Waals surface area contributed by atoms with E-state index in [1.807, 2.05) is 0 Å². The Hall–Kier alpha value is -2.31. The smallest absolute Gasteiger partial charge is 0.490 e. The van der Waals surface area contributed by atoms with E-state index in [-0.39, 0.29) is 16.9 Å². The highest BCUT2D eigenvalue weighted by molar-refractivity contribution is 5.66. The van der Waals surface area contributed by atoms with Crippen molar-refractivity contribution in [3.63, 3.8) is 0 Å². The molecule has 182 valence electrons. The molecule has 0 saturated heterocycles. The van der Waals surface area contributed by atoms with Crippen LogP contribution >= 0.6 is 0 Å². The zero-order valence-electron chi connectivity index (χ0n) is 18.9. The Morgan fingerprint density at radius 2 is 1.48 bits per heavy atom. The number of ether oxygens (including phenoxy) is 2. The van der Waals surface area contributed by atoms with Crippen LogP contribution in [0.5, 0.6) is 11.5 Å². The summed E-state index contributed by atoms with van der Waals surface area (Å²) in [6, 6.07) is 7.36. The van der Waals surface area contributed by atoms with Gasteiger partial charge < -0.3 is 9.47 Å². The van der Waals surface area contributed by atoms with E-state index in [0.29, 0.717) is 12.5 Å². The maximum Gasteiger partial charge on any atom is 0.573 e. The van der Waals surface area contributed by atoms with Crippen molar-refractivity contribution in [3.8, 4) is 22.6 Å². The highest BCUT2D eigenvalue weighted by atomic mass is 19.4. The van der Waals surface area contributed by atoms with Gasteiger partial charge in [0.2, 0.25) is 5.82 Å². The summed E-state index contributed by atoms with van der Waals surface area (Å²) in [7, 11) is 0. The summed E-state index contributed by atoms with van der Waals surface area (Å²) >= 11 is 0. The van der Waals surface area contributed by atoms with Crippen LogP contribution in [0.2, 0.25) is 0 Å². The Kier molecular flexibility index (Phi) is 8.98. The third-order valence-corrected chi connectivity index (χ3v) is 6.35. The number of rotatable bonds is 10. The summed E-state index contributed by atoms with van der Waals surface area (Å²) in [4.78, 5) is 0. The molecule has 2 aromatic rings. The van der Waals surface area contributed by atoms with Crippen LogP contribution in [-0.4, -0.2) is 13.0 Å². The molecular formula is C26H31F5O2. The second-order valence-electron chi connectivity index (χ2n) is 8.86. The Morgan fingerprint density at radius 1 is 0.818 bits per heavy atom. The van der Waals surface area contributed by atoms with Crippen molar-refractivity contribution in [2.45, 2.75) is 71.1 Å². The van der Waals surface area contributed by atoms with Crippen molar-refractivity contribution in [2.24, 2.45) is 11.8 Å². The van der Waals surface area contributed by atoms with Gasteiger partial charge in [-0.25, -0.2) is 4.39 Å². The van der Waals surface area contributed by atoms with Gasteiger partial charge in [0, 0.05) is 5.56 Å². The van der Waals surface area contributed by atoms with Gasteiger partial charge in [0.05, 0.1) is 6.61 Å². The third kappa shape index (κ3) is 7.61. The predicted octanol–water partition coefficient (Wildman–Crippen LogP) is 8.69. The van der Waals surface area contributed by atoms with Gasteiger partial charge in [-0.2, -0.15) is 4.39 Å². The molecule has 0 unspecified atom stereocenters. The van der Waals surface area contributed by atoms with Crippen molar-refractivity contribution in [3.05, 3.63) is 48.0 Å². The summed E-state index contributed by atoms with van der Waals surface area (Å²) in [6.07, 6.45) is 5.96.